The third-order valence-electron chi connectivity index (χ3n) is 4.98. The lowest BCUT2D eigenvalue weighted by molar-refractivity contribution is 0.800. The molecule has 8 heteroatoms. The fourth-order valence-corrected chi connectivity index (χ4v) is 3.77. The monoisotopic (exact) mass is 457 g/mol. The van der Waals surface area contributed by atoms with Crippen molar-refractivity contribution >= 4 is 40.9 Å². The molecule has 0 bridgehead atoms. The number of aromatic amines is 1. The number of aromatic nitrogens is 4. The first kappa shape index (κ1) is 20.1. The molecular formula is C24H16ClN5OS. The van der Waals surface area contributed by atoms with Crippen LogP contribution in [0.25, 0.3) is 27.8 Å². The Bertz CT molecular complexity index is 1570. The van der Waals surface area contributed by atoms with E-state index in [4.69, 9.17) is 28.9 Å². The molecule has 0 aliphatic rings. The summed E-state index contributed by atoms with van der Waals surface area (Å²) >= 11 is 11.4. The maximum Gasteiger partial charge on any atom is 0.282 e. The van der Waals surface area contributed by atoms with Crippen LogP contribution in [-0.2, 0) is 0 Å². The standard InChI is InChI=1S/C24H16ClN5OS/c25-18-12-10-16(11-13-18)22-17(15-29(28-22)19-6-2-1-3-7-19)14-26-30-23(31)20-8-4-5-9-21(20)27-24(30)32/h1-15H,(H,27,32)/b26-14-. The van der Waals surface area contributed by atoms with E-state index < -0.39 is 0 Å². The Hall–Kier alpha value is -3.81. The number of nitrogens with zero attached hydrogens (tertiary/aromatic N) is 4. The second-order valence-electron chi connectivity index (χ2n) is 7.06. The molecule has 32 heavy (non-hydrogen) atoms. The van der Waals surface area contributed by atoms with Crippen LogP contribution in [0.15, 0.2) is 95.0 Å². The van der Waals surface area contributed by atoms with Crippen molar-refractivity contribution in [3.63, 3.8) is 0 Å². The van der Waals surface area contributed by atoms with Crippen LogP contribution in [0.1, 0.15) is 5.56 Å². The molecule has 0 fully saturated rings. The summed E-state index contributed by atoms with van der Waals surface area (Å²) < 4.78 is 3.17. The molecule has 5 rings (SSSR count). The van der Waals surface area contributed by atoms with Gasteiger partial charge in [-0.2, -0.15) is 14.9 Å². The highest BCUT2D eigenvalue weighted by Crippen LogP contribution is 2.24. The molecule has 0 amide bonds. The zero-order chi connectivity index (χ0) is 22.1. The minimum Gasteiger partial charge on any atom is -0.330 e. The maximum atomic E-state index is 12.9. The van der Waals surface area contributed by atoms with Gasteiger partial charge in [0.2, 0.25) is 4.77 Å². The number of H-pyrrole nitrogens is 1. The largest absolute Gasteiger partial charge is 0.330 e. The molecule has 3 aromatic carbocycles. The molecule has 0 atom stereocenters. The van der Waals surface area contributed by atoms with Crippen LogP contribution in [-0.4, -0.2) is 25.7 Å². The van der Waals surface area contributed by atoms with Crippen molar-refractivity contribution in [1.82, 2.24) is 19.4 Å². The predicted molar refractivity (Wildman–Crippen MR) is 130 cm³/mol. The highest BCUT2D eigenvalue weighted by atomic mass is 35.5. The van der Waals surface area contributed by atoms with Crippen LogP contribution in [0, 0.1) is 4.77 Å². The molecule has 0 aliphatic carbocycles. The van der Waals surface area contributed by atoms with Crippen molar-refractivity contribution < 1.29 is 0 Å². The minimum atomic E-state index is -0.288. The van der Waals surface area contributed by atoms with Crippen LogP contribution >= 0.6 is 23.8 Å². The molecular weight excluding hydrogens is 442 g/mol. The molecule has 0 saturated heterocycles. The van der Waals surface area contributed by atoms with E-state index in [1.54, 1.807) is 23.0 Å². The SMILES string of the molecule is O=c1c2ccccc2[nH]c(=S)n1/N=C\c1cn(-c2ccccc2)nc1-c1ccc(Cl)cc1. The van der Waals surface area contributed by atoms with E-state index in [1.165, 1.54) is 4.68 Å². The number of nitrogens with one attached hydrogen (secondary N) is 1. The number of para-hydroxylation sites is 2. The molecule has 0 radical (unpaired) electrons. The fraction of sp³-hybridized carbons (Fsp3) is 0. The summed E-state index contributed by atoms with van der Waals surface area (Å²) in [6, 6.07) is 24.4. The molecule has 2 aromatic heterocycles. The van der Waals surface area contributed by atoms with Crippen LogP contribution in [0.3, 0.4) is 0 Å². The van der Waals surface area contributed by atoms with Crippen LogP contribution in [0.4, 0.5) is 0 Å². The first-order valence-corrected chi connectivity index (χ1v) is 10.6. The van der Waals surface area contributed by atoms with E-state index in [-0.39, 0.29) is 10.3 Å². The minimum absolute atomic E-state index is 0.216. The van der Waals surface area contributed by atoms with Gasteiger partial charge in [0.1, 0.15) is 5.69 Å². The summed E-state index contributed by atoms with van der Waals surface area (Å²) in [7, 11) is 0. The second kappa shape index (κ2) is 8.37. The van der Waals surface area contributed by atoms with Crippen LogP contribution < -0.4 is 5.56 Å². The highest BCUT2D eigenvalue weighted by Gasteiger charge is 2.12. The van der Waals surface area contributed by atoms with E-state index in [0.29, 0.717) is 21.6 Å². The van der Waals surface area contributed by atoms with Gasteiger partial charge in [-0.3, -0.25) is 4.79 Å². The van der Waals surface area contributed by atoms with E-state index >= 15 is 0 Å². The molecule has 0 saturated carbocycles. The number of hydrogen-bond donors (Lipinski definition) is 1. The number of halogens is 1. The quantitative estimate of drug-likeness (QED) is 0.288. The molecule has 5 aromatic rings. The molecule has 1 N–H and O–H groups in total. The summed E-state index contributed by atoms with van der Waals surface area (Å²) in [4.78, 5) is 16.0. The average Bonchev–Trinajstić information content (AvgIpc) is 3.24. The predicted octanol–water partition coefficient (Wildman–Crippen LogP) is 5.45. The Labute approximate surface area is 193 Å². The Balaban J connectivity index is 1.65. The number of fused-ring (bicyclic) bond motifs is 1. The van der Waals surface area contributed by atoms with E-state index in [9.17, 15) is 4.79 Å². The molecule has 0 aliphatic heterocycles. The summed E-state index contributed by atoms with van der Waals surface area (Å²) in [6.07, 6.45) is 3.46. The Kier molecular flexibility index (Phi) is 5.26. The summed E-state index contributed by atoms with van der Waals surface area (Å²) in [5.74, 6) is 0. The topological polar surface area (TPSA) is 68.0 Å². The zero-order valence-corrected chi connectivity index (χ0v) is 18.2. The lowest BCUT2D eigenvalue weighted by Gasteiger charge is -2.02. The molecule has 0 unspecified atom stereocenters. The summed E-state index contributed by atoms with van der Waals surface area (Å²) in [5.41, 5.74) is 3.60. The zero-order valence-electron chi connectivity index (χ0n) is 16.6. The average molecular weight is 458 g/mol. The van der Waals surface area contributed by atoms with Gasteiger partial charge >= 0.3 is 0 Å². The van der Waals surface area contributed by atoms with E-state index in [0.717, 1.165) is 16.8 Å². The van der Waals surface area contributed by atoms with Crippen molar-refractivity contribution in [1.29, 1.82) is 0 Å². The third-order valence-corrected chi connectivity index (χ3v) is 5.50. The van der Waals surface area contributed by atoms with Gasteiger partial charge in [-0.15, -0.1) is 0 Å². The first-order chi connectivity index (χ1) is 15.6. The third kappa shape index (κ3) is 3.79. The van der Waals surface area contributed by atoms with E-state index in [2.05, 4.69) is 10.1 Å². The van der Waals surface area contributed by atoms with Gasteiger partial charge in [-0.05, 0) is 48.6 Å². The number of hydrogen-bond acceptors (Lipinski definition) is 4. The van der Waals surface area contributed by atoms with Crippen molar-refractivity contribution in [3.05, 3.63) is 111 Å². The Morgan fingerprint density at radius 2 is 1.69 bits per heavy atom. The van der Waals surface area contributed by atoms with Gasteiger partial charge in [0.15, 0.2) is 0 Å². The molecule has 6 nitrogen and oxygen atoms in total. The van der Waals surface area contributed by atoms with Crippen LogP contribution in [0.2, 0.25) is 5.02 Å². The molecule has 0 spiro atoms. The smallest absolute Gasteiger partial charge is 0.282 e. The Morgan fingerprint density at radius 3 is 2.47 bits per heavy atom. The van der Waals surface area contributed by atoms with Crippen molar-refractivity contribution in [2.45, 2.75) is 0 Å². The number of rotatable bonds is 4. The van der Waals surface area contributed by atoms with Crippen molar-refractivity contribution in [2.24, 2.45) is 5.10 Å². The number of benzene rings is 3. The lowest BCUT2D eigenvalue weighted by Crippen LogP contribution is -2.18. The van der Waals surface area contributed by atoms with E-state index in [1.807, 2.05) is 72.9 Å². The van der Waals surface area contributed by atoms with Crippen molar-refractivity contribution in [2.75, 3.05) is 0 Å². The fourth-order valence-electron chi connectivity index (χ4n) is 3.40. The molecule has 2 heterocycles. The van der Waals surface area contributed by atoms with Gasteiger partial charge in [0, 0.05) is 22.3 Å². The van der Waals surface area contributed by atoms with Gasteiger partial charge in [0.25, 0.3) is 5.56 Å². The van der Waals surface area contributed by atoms with Crippen molar-refractivity contribution in [3.8, 4) is 16.9 Å². The van der Waals surface area contributed by atoms with Crippen LogP contribution in [0.5, 0.6) is 0 Å². The Morgan fingerprint density at radius 1 is 0.969 bits per heavy atom. The summed E-state index contributed by atoms with van der Waals surface area (Å²) in [6.45, 7) is 0. The van der Waals surface area contributed by atoms with Gasteiger partial charge in [-0.25, -0.2) is 4.68 Å². The van der Waals surface area contributed by atoms with Gasteiger partial charge in [0.05, 0.1) is 22.8 Å². The normalized spacial score (nSPS) is 11.4. The second-order valence-corrected chi connectivity index (χ2v) is 7.88. The van der Waals surface area contributed by atoms with Gasteiger partial charge in [-0.1, -0.05) is 54.1 Å². The highest BCUT2D eigenvalue weighted by molar-refractivity contribution is 7.71. The summed E-state index contributed by atoms with van der Waals surface area (Å²) in [5, 5.41) is 10.3. The first-order valence-electron chi connectivity index (χ1n) is 9.79. The lowest BCUT2D eigenvalue weighted by atomic mass is 10.1. The maximum absolute atomic E-state index is 12.9. The molecule has 156 valence electrons. The van der Waals surface area contributed by atoms with Gasteiger partial charge < -0.3 is 4.98 Å².